The topological polar surface area (TPSA) is 29.3 Å². The Balaban J connectivity index is 1.90. The summed E-state index contributed by atoms with van der Waals surface area (Å²) in [6.45, 7) is 6.33. The van der Waals surface area contributed by atoms with E-state index >= 15 is 0 Å². The van der Waals surface area contributed by atoms with Gasteiger partial charge in [-0.15, -0.1) is 0 Å². The van der Waals surface area contributed by atoms with E-state index in [9.17, 15) is 4.39 Å². The van der Waals surface area contributed by atoms with Gasteiger partial charge in [-0.3, -0.25) is 0 Å². The van der Waals surface area contributed by atoms with E-state index in [1.54, 1.807) is 12.1 Å². The third kappa shape index (κ3) is 3.53. The van der Waals surface area contributed by atoms with Crippen molar-refractivity contribution in [1.29, 1.82) is 0 Å². The molecule has 1 aliphatic rings. The Bertz CT molecular complexity index is 363. The molecule has 1 fully saturated rings. The second-order valence-electron chi connectivity index (χ2n) is 5.46. The van der Waals surface area contributed by atoms with Gasteiger partial charge in [-0.1, -0.05) is 19.1 Å². The zero-order valence-electron chi connectivity index (χ0n) is 11.1. The maximum atomic E-state index is 12.9. The fourth-order valence-electron chi connectivity index (χ4n) is 2.79. The van der Waals surface area contributed by atoms with Crippen molar-refractivity contribution in [2.24, 2.45) is 11.7 Å². The maximum Gasteiger partial charge on any atom is 0.123 e. The van der Waals surface area contributed by atoms with Gasteiger partial charge in [0.25, 0.3) is 0 Å². The standard InChI is InChI=1S/C15H23FN2/c1-12(14-4-6-15(16)7-5-14)10-18-8-2-3-13(9-17)11-18/h4-7,12-13H,2-3,8-11,17H2,1H3. The Morgan fingerprint density at radius 1 is 1.39 bits per heavy atom. The fraction of sp³-hybridized carbons (Fsp3) is 0.600. The molecule has 1 heterocycles. The highest BCUT2D eigenvalue weighted by atomic mass is 19.1. The molecular weight excluding hydrogens is 227 g/mol. The zero-order valence-corrected chi connectivity index (χ0v) is 11.1. The molecule has 2 unspecified atom stereocenters. The molecule has 18 heavy (non-hydrogen) atoms. The first-order chi connectivity index (χ1) is 8.69. The van der Waals surface area contributed by atoms with Crippen LogP contribution in [0.15, 0.2) is 24.3 Å². The maximum absolute atomic E-state index is 12.9. The average Bonchev–Trinajstić information content (AvgIpc) is 2.39. The number of benzene rings is 1. The summed E-state index contributed by atoms with van der Waals surface area (Å²) >= 11 is 0. The number of piperidine rings is 1. The van der Waals surface area contributed by atoms with Gasteiger partial charge in [-0.05, 0) is 55.5 Å². The largest absolute Gasteiger partial charge is 0.330 e. The number of hydrogen-bond donors (Lipinski definition) is 1. The van der Waals surface area contributed by atoms with Crippen molar-refractivity contribution in [3.8, 4) is 0 Å². The van der Waals surface area contributed by atoms with Gasteiger partial charge in [0.1, 0.15) is 5.82 Å². The van der Waals surface area contributed by atoms with Crippen molar-refractivity contribution in [3.05, 3.63) is 35.6 Å². The van der Waals surface area contributed by atoms with Gasteiger partial charge in [0, 0.05) is 13.1 Å². The molecule has 1 saturated heterocycles. The molecule has 0 spiro atoms. The highest BCUT2D eigenvalue weighted by molar-refractivity contribution is 5.20. The van der Waals surface area contributed by atoms with Gasteiger partial charge < -0.3 is 10.6 Å². The minimum absolute atomic E-state index is 0.160. The van der Waals surface area contributed by atoms with Crippen LogP contribution in [0.3, 0.4) is 0 Å². The van der Waals surface area contributed by atoms with Crippen LogP contribution in [0.5, 0.6) is 0 Å². The summed E-state index contributed by atoms with van der Waals surface area (Å²) in [6, 6.07) is 6.88. The first-order valence-electron chi connectivity index (χ1n) is 6.87. The molecule has 1 aromatic carbocycles. The normalized spacial score (nSPS) is 22.9. The second kappa shape index (κ2) is 6.30. The Morgan fingerprint density at radius 2 is 2.11 bits per heavy atom. The summed E-state index contributed by atoms with van der Waals surface area (Å²) in [7, 11) is 0. The van der Waals surface area contributed by atoms with E-state index in [0.717, 1.165) is 19.6 Å². The summed E-state index contributed by atoms with van der Waals surface area (Å²) in [4.78, 5) is 2.50. The lowest BCUT2D eigenvalue weighted by Gasteiger charge is -2.33. The first-order valence-corrected chi connectivity index (χ1v) is 6.87. The highest BCUT2D eigenvalue weighted by Crippen LogP contribution is 2.21. The second-order valence-corrected chi connectivity index (χ2v) is 5.46. The van der Waals surface area contributed by atoms with Crippen LogP contribution in [0.1, 0.15) is 31.2 Å². The minimum Gasteiger partial charge on any atom is -0.330 e. The fourth-order valence-corrected chi connectivity index (χ4v) is 2.79. The van der Waals surface area contributed by atoms with Crippen LogP contribution in [0, 0.1) is 11.7 Å². The molecule has 1 aromatic rings. The molecule has 2 nitrogen and oxygen atoms in total. The van der Waals surface area contributed by atoms with Crippen molar-refractivity contribution in [2.75, 3.05) is 26.2 Å². The van der Waals surface area contributed by atoms with Crippen LogP contribution in [0.2, 0.25) is 0 Å². The quantitative estimate of drug-likeness (QED) is 0.890. The van der Waals surface area contributed by atoms with E-state index < -0.39 is 0 Å². The SMILES string of the molecule is CC(CN1CCCC(CN)C1)c1ccc(F)cc1. The number of nitrogens with zero attached hydrogens (tertiary/aromatic N) is 1. The van der Waals surface area contributed by atoms with Crippen molar-refractivity contribution in [2.45, 2.75) is 25.7 Å². The van der Waals surface area contributed by atoms with Crippen LogP contribution < -0.4 is 5.73 Å². The molecule has 3 heteroatoms. The van der Waals surface area contributed by atoms with Crippen molar-refractivity contribution in [3.63, 3.8) is 0 Å². The Kier molecular flexibility index (Phi) is 4.72. The predicted octanol–water partition coefficient (Wildman–Crippen LogP) is 2.60. The Hall–Kier alpha value is -0.930. The molecule has 2 rings (SSSR count). The van der Waals surface area contributed by atoms with Gasteiger partial charge in [0.15, 0.2) is 0 Å². The highest BCUT2D eigenvalue weighted by Gasteiger charge is 2.20. The summed E-state index contributed by atoms with van der Waals surface area (Å²) in [5, 5.41) is 0. The average molecular weight is 250 g/mol. The number of rotatable bonds is 4. The van der Waals surface area contributed by atoms with Crippen LogP contribution in [-0.4, -0.2) is 31.1 Å². The summed E-state index contributed by atoms with van der Waals surface area (Å²) in [5.74, 6) is 0.938. The van der Waals surface area contributed by atoms with Gasteiger partial charge in [-0.2, -0.15) is 0 Å². The number of likely N-dealkylation sites (tertiary alicyclic amines) is 1. The lowest BCUT2D eigenvalue weighted by molar-refractivity contribution is 0.171. The molecule has 2 atom stereocenters. The molecule has 100 valence electrons. The number of halogens is 1. The molecule has 0 aliphatic carbocycles. The summed E-state index contributed by atoms with van der Waals surface area (Å²) in [6.07, 6.45) is 2.51. The van der Waals surface area contributed by atoms with Gasteiger partial charge in [0.2, 0.25) is 0 Å². The summed E-state index contributed by atoms with van der Waals surface area (Å²) < 4.78 is 12.9. The van der Waals surface area contributed by atoms with Crippen molar-refractivity contribution < 1.29 is 4.39 Å². The van der Waals surface area contributed by atoms with E-state index in [2.05, 4.69) is 11.8 Å². The van der Waals surface area contributed by atoms with Crippen LogP contribution >= 0.6 is 0 Å². The van der Waals surface area contributed by atoms with Crippen molar-refractivity contribution >= 4 is 0 Å². The van der Waals surface area contributed by atoms with E-state index in [1.165, 1.54) is 24.9 Å². The Labute approximate surface area is 109 Å². The van der Waals surface area contributed by atoms with E-state index in [4.69, 9.17) is 5.73 Å². The van der Waals surface area contributed by atoms with Gasteiger partial charge >= 0.3 is 0 Å². The van der Waals surface area contributed by atoms with E-state index in [1.807, 2.05) is 12.1 Å². The molecule has 0 aromatic heterocycles. The smallest absolute Gasteiger partial charge is 0.123 e. The van der Waals surface area contributed by atoms with Crippen LogP contribution in [0.25, 0.3) is 0 Å². The van der Waals surface area contributed by atoms with Crippen molar-refractivity contribution in [1.82, 2.24) is 4.90 Å². The minimum atomic E-state index is -0.160. The van der Waals surface area contributed by atoms with Crippen LogP contribution in [-0.2, 0) is 0 Å². The third-order valence-electron chi connectivity index (χ3n) is 3.91. The Morgan fingerprint density at radius 3 is 2.78 bits per heavy atom. The lowest BCUT2D eigenvalue weighted by Crippen LogP contribution is -2.40. The molecule has 2 N–H and O–H groups in total. The molecule has 0 bridgehead atoms. The predicted molar refractivity (Wildman–Crippen MR) is 73.0 cm³/mol. The van der Waals surface area contributed by atoms with E-state index in [-0.39, 0.29) is 5.82 Å². The van der Waals surface area contributed by atoms with E-state index in [0.29, 0.717) is 11.8 Å². The first kappa shape index (κ1) is 13.5. The molecule has 1 aliphatic heterocycles. The van der Waals surface area contributed by atoms with Gasteiger partial charge in [-0.25, -0.2) is 4.39 Å². The monoisotopic (exact) mass is 250 g/mol. The zero-order chi connectivity index (χ0) is 13.0. The number of hydrogen-bond acceptors (Lipinski definition) is 2. The van der Waals surface area contributed by atoms with Gasteiger partial charge in [0.05, 0.1) is 0 Å². The molecular formula is C15H23FN2. The molecule has 0 amide bonds. The van der Waals surface area contributed by atoms with Crippen LogP contribution in [0.4, 0.5) is 4.39 Å². The lowest BCUT2D eigenvalue weighted by atomic mass is 9.95. The number of nitrogens with two attached hydrogens (primary N) is 1. The molecule has 0 saturated carbocycles. The molecule has 0 radical (unpaired) electrons. The third-order valence-corrected chi connectivity index (χ3v) is 3.91. The summed E-state index contributed by atoms with van der Waals surface area (Å²) in [5.41, 5.74) is 6.97.